The Morgan fingerprint density at radius 3 is 2.82 bits per heavy atom. The number of halogens is 1. The van der Waals surface area contributed by atoms with Crippen molar-refractivity contribution in [2.75, 3.05) is 5.32 Å². The number of nitrogens with zero attached hydrogens (tertiary/aromatic N) is 1. The normalized spacial score (nSPS) is 27.8. The van der Waals surface area contributed by atoms with E-state index < -0.39 is 0 Å². The molecule has 2 atom stereocenters. The third kappa shape index (κ3) is 3.35. The molecular formula is C14H21ClN2. The minimum atomic E-state index is 0.421. The maximum Gasteiger partial charge on any atom is 0.152 e. The van der Waals surface area contributed by atoms with Crippen LogP contribution in [0.25, 0.3) is 0 Å². The Morgan fingerprint density at radius 1 is 1.41 bits per heavy atom. The number of nitrogens with one attached hydrogen (secondary N) is 1. The van der Waals surface area contributed by atoms with E-state index in [4.69, 9.17) is 11.6 Å². The lowest BCUT2D eigenvalue weighted by molar-refractivity contribution is 0.178. The SMILES string of the molecule is CC1CC(Nc2cccnc2Cl)CC(C)(C)C1. The van der Waals surface area contributed by atoms with Gasteiger partial charge in [0.1, 0.15) is 0 Å². The fourth-order valence-corrected chi connectivity index (χ4v) is 3.34. The van der Waals surface area contributed by atoms with Crippen LogP contribution in [0.4, 0.5) is 5.69 Å². The van der Waals surface area contributed by atoms with Gasteiger partial charge in [0.05, 0.1) is 5.69 Å². The molecule has 2 unspecified atom stereocenters. The van der Waals surface area contributed by atoms with E-state index >= 15 is 0 Å². The van der Waals surface area contributed by atoms with Crippen LogP contribution in [0.15, 0.2) is 18.3 Å². The van der Waals surface area contributed by atoms with Gasteiger partial charge >= 0.3 is 0 Å². The summed E-state index contributed by atoms with van der Waals surface area (Å²) in [5, 5.41) is 4.11. The molecule has 94 valence electrons. The molecule has 1 fully saturated rings. The molecule has 2 nitrogen and oxygen atoms in total. The van der Waals surface area contributed by atoms with Crippen LogP contribution in [0.5, 0.6) is 0 Å². The van der Waals surface area contributed by atoms with Crippen LogP contribution in [-0.2, 0) is 0 Å². The number of aromatic nitrogens is 1. The van der Waals surface area contributed by atoms with Crippen molar-refractivity contribution in [2.45, 2.75) is 46.1 Å². The lowest BCUT2D eigenvalue weighted by atomic mass is 9.70. The number of rotatable bonds is 2. The second kappa shape index (κ2) is 4.85. The molecule has 1 aliphatic rings. The molecule has 0 bridgehead atoms. The van der Waals surface area contributed by atoms with Gasteiger partial charge in [0.15, 0.2) is 5.15 Å². The maximum absolute atomic E-state index is 6.08. The molecule has 0 aromatic carbocycles. The lowest BCUT2D eigenvalue weighted by Gasteiger charge is -2.39. The van der Waals surface area contributed by atoms with E-state index in [1.54, 1.807) is 6.20 Å². The van der Waals surface area contributed by atoms with Crippen molar-refractivity contribution in [1.82, 2.24) is 4.98 Å². The Bertz CT molecular complexity index is 390. The number of pyridine rings is 1. The monoisotopic (exact) mass is 252 g/mol. The average Bonchev–Trinajstić information content (AvgIpc) is 2.18. The summed E-state index contributed by atoms with van der Waals surface area (Å²) in [5.74, 6) is 0.770. The summed E-state index contributed by atoms with van der Waals surface area (Å²) in [7, 11) is 0. The summed E-state index contributed by atoms with van der Waals surface area (Å²) >= 11 is 6.08. The summed E-state index contributed by atoms with van der Waals surface area (Å²) in [6.45, 7) is 7.03. The molecule has 17 heavy (non-hydrogen) atoms. The minimum Gasteiger partial charge on any atom is -0.380 e. The first kappa shape index (κ1) is 12.7. The zero-order valence-corrected chi connectivity index (χ0v) is 11.6. The van der Waals surface area contributed by atoms with E-state index in [1.165, 1.54) is 19.3 Å². The molecule has 3 heteroatoms. The van der Waals surface area contributed by atoms with Gasteiger partial charge in [-0.25, -0.2) is 4.98 Å². The highest BCUT2D eigenvalue weighted by molar-refractivity contribution is 6.31. The van der Waals surface area contributed by atoms with Crippen LogP contribution in [0.1, 0.15) is 40.0 Å². The van der Waals surface area contributed by atoms with Crippen molar-refractivity contribution >= 4 is 17.3 Å². The first-order valence-electron chi connectivity index (χ1n) is 6.33. The predicted octanol–water partition coefficient (Wildman–Crippen LogP) is 4.36. The molecule has 0 spiro atoms. The molecule has 1 heterocycles. The van der Waals surface area contributed by atoms with Crippen molar-refractivity contribution < 1.29 is 0 Å². The van der Waals surface area contributed by atoms with Crippen molar-refractivity contribution in [3.63, 3.8) is 0 Å². The van der Waals surface area contributed by atoms with E-state index in [2.05, 4.69) is 31.1 Å². The summed E-state index contributed by atoms with van der Waals surface area (Å²) < 4.78 is 0. The van der Waals surface area contributed by atoms with Gasteiger partial charge < -0.3 is 5.32 Å². The second-order valence-corrected chi connectivity index (χ2v) is 6.45. The highest BCUT2D eigenvalue weighted by Gasteiger charge is 2.32. The molecule has 0 saturated heterocycles. The van der Waals surface area contributed by atoms with E-state index in [9.17, 15) is 0 Å². The zero-order valence-electron chi connectivity index (χ0n) is 10.8. The number of anilines is 1. The van der Waals surface area contributed by atoms with E-state index in [0.717, 1.165) is 11.6 Å². The van der Waals surface area contributed by atoms with Crippen LogP contribution >= 0.6 is 11.6 Å². The van der Waals surface area contributed by atoms with Crippen LogP contribution in [0.2, 0.25) is 5.15 Å². The molecule has 1 saturated carbocycles. The minimum absolute atomic E-state index is 0.421. The van der Waals surface area contributed by atoms with Crippen molar-refractivity contribution in [2.24, 2.45) is 11.3 Å². The molecule has 0 radical (unpaired) electrons. The van der Waals surface area contributed by atoms with Gasteiger partial charge in [-0.3, -0.25) is 0 Å². The summed E-state index contributed by atoms with van der Waals surface area (Å²) in [6.07, 6.45) is 5.45. The molecular weight excluding hydrogens is 232 g/mol. The van der Waals surface area contributed by atoms with Crippen molar-refractivity contribution in [3.8, 4) is 0 Å². The van der Waals surface area contributed by atoms with Gasteiger partial charge in [-0.2, -0.15) is 0 Å². The smallest absolute Gasteiger partial charge is 0.152 e. The first-order valence-corrected chi connectivity index (χ1v) is 6.71. The lowest BCUT2D eigenvalue weighted by Crippen LogP contribution is -2.35. The van der Waals surface area contributed by atoms with Gasteiger partial charge in [-0.05, 0) is 42.7 Å². The largest absolute Gasteiger partial charge is 0.380 e. The summed E-state index contributed by atoms with van der Waals surface area (Å²) in [4.78, 5) is 4.10. The summed E-state index contributed by atoms with van der Waals surface area (Å²) in [6, 6.07) is 4.43. The standard InChI is InChI=1S/C14H21ClN2/c1-10-7-11(9-14(2,3)8-10)17-12-5-4-6-16-13(12)15/h4-6,10-11,17H,7-9H2,1-3H3. The molecule has 2 rings (SSSR count). The zero-order chi connectivity index (χ0) is 12.5. The molecule has 0 amide bonds. The average molecular weight is 253 g/mol. The van der Waals surface area contributed by atoms with Crippen molar-refractivity contribution in [3.05, 3.63) is 23.5 Å². The van der Waals surface area contributed by atoms with Crippen LogP contribution in [0, 0.1) is 11.3 Å². The van der Waals surface area contributed by atoms with E-state index in [-0.39, 0.29) is 0 Å². The maximum atomic E-state index is 6.08. The highest BCUT2D eigenvalue weighted by Crippen LogP contribution is 2.39. The van der Waals surface area contributed by atoms with E-state index in [1.807, 2.05) is 12.1 Å². The van der Waals surface area contributed by atoms with Crippen molar-refractivity contribution in [1.29, 1.82) is 0 Å². The van der Waals surface area contributed by atoms with Gasteiger partial charge in [0.25, 0.3) is 0 Å². The van der Waals surface area contributed by atoms with Gasteiger partial charge in [0.2, 0.25) is 0 Å². The fourth-order valence-electron chi connectivity index (χ4n) is 3.17. The van der Waals surface area contributed by atoms with E-state index in [0.29, 0.717) is 16.6 Å². The van der Waals surface area contributed by atoms with Crippen LogP contribution < -0.4 is 5.32 Å². The predicted molar refractivity (Wildman–Crippen MR) is 73.5 cm³/mol. The third-order valence-corrected chi connectivity index (χ3v) is 3.81. The Balaban J connectivity index is 2.06. The fraction of sp³-hybridized carbons (Fsp3) is 0.643. The second-order valence-electron chi connectivity index (χ2n) is 6.10. The Kier molecular flexibility index (Phi) is 3.62. The molecule has 0 aliphatic heterocycles. The van der Waals surface area contributed by atoms with Gasteiger partial charge in [-0.1, -0.05) is 32.4 Å². The van der Waals surface area contributed by atoms with Crippen LogP contribution in [-0.4, -0.2) is 11.0 Å². The molecule has 1 N–H and O–H groups in total. The highest BCUT2D eigenvalue weighted by atomic mass is 35.5. The first-order chi connectivity index (χ1) is 7.96. The van der Waals surface area contributed by atoms with Crippen LogP contribution in [0.3, 0.4) is 0 Å². The molecule has 1 aliphatic carbocycles. The topological polar surface area (TPSA) is 24.9 Å². The molecule has 1 aromatic rings. The van der Waals surface area contributed by atoms with Gasteiger partial charge in [0, 0.05) is 12.2 Å². The molecule has 1 aromatic heterocycles. The number of hydrogen-bond acceptors (Lipinski definition) is 2. The third-order valence-electron chi connectivity index (χ3n) is 3.51. The summed E-state index contributed by atoms with van der Waals surface area (Å²) in [5.41, 5.74) is 1.38. The Hall–Kier alpha value is -0.760. The number of hydrogen-bond donors (Lipinski definition) is 1. The quantitative estimate of drug-likeness (QED) is 0.791. The Labute approximate surface area is 109 Å². The Morgan fingerprint density at radius 2 is 2.18 bits per heavy atom. The van der Waals surface area contributed by atoms with Gasteiger partial charge in [-0.15, -0.1) is 0 Å².